The van der Waals surface area contributed by atoms with E-state index in [0.717, 1.165) is 83.1 Å². The average Bonchev–Trinajstić information content (AvgIpc) is 3.71. The maximum absolute atomic E-state index is 6.82. The lowest BCUT2D eigenvalue weighted by Gasteiger charge is -2.13. The first-order chi connectivity index (χ1) is 29.6. The summed E-state index contributed by atoms with van der Waals surface area (Å²) in [5, 5.41) is 12.1. The second-order valence-corrected chi connectivity index (χ2v) is 15.6. The van der Waals surface area contributed by atoms with E-state index in [4.69, 9.17) is 9.41 Å². The Hall–Kier alpha value is -7.81. The molecular formula is C58H39NO. The number of aliphatic imine (C=N–C) groups is 1. The Morgan fingerprint density at radius 1 is 0.433 bits per heavy atom. The van der Waals surface area contributed by atoms with Crippen LogP contribution in [-0.4, -0.2) is 5.71 Å². The molecule has 0 aliphatic rings. The molecular weight excluding hydrogens is 727 g/mol. The number of allylic oxidation sites excluding steroid dienone is 2. The molecule has 11 rings (SSSR count). The molecule has 1 aromatic heterocycles. The van der Waals surface area contributed by atoms with E-state index in [1.54, 1.807) is 0 Å². The zero-order valence-electron chi connectivity index (χ0n) is 33.2. The summed E-state index contributed by atoms with van der Waals surface area (Å²) in [6, 6.07) is 71.2. The van der Waals surface area contributed by atoms with E-state index in [1.165, 1.54) is 37.9 Å². The van der Waals surface area contributed by atoms with Gasteiger partial charge in [-0.15, -0.1) is 0 Å². The Labute approximate surface area is 348 Å². The van der Waals surface area contributed by atoms with Crippen molar-refractivity contribution in [2.24, 2.45) is 4.99 Å². The summed E-state index contributed by atoms with van der Waals surface area (Å²) in [6.07, 6.45) is 2.18. The molecule has 0 aliphatic carbocycles. The third-order valence-electron chi connectivity index (χ3n) is 12.0. The normalized spacial score (nSPS) is 12.3. The minimum atomic E-state index is 0.726. The maximum Gasteiger partial charge on any atom is 0.143 e. The maximum atomic E-state index is 6.82. The van der Waals surface area contributed by atoms with E-state index in [9.17, 15) is 0 Å². The first kappa shape index (κ1) is 35.4. The number of fused-ring (bicyclic) bond motifs is 11. The highest BCUT2D eigenvalue weighted by molar-refractivity contribution is 6.27. The van der Waals surface area contributed by atoms with E-state index in [1.807, 2.05) is 36.4 Å². The summed E-state index contributed by atoms with van der Waals surface area (Å²) in [5.74, 6) is 0. The Morgan fingerprint density at radius 2 is 0.983 bits per heavy atom. The number of furan rings is 1. The molecule has 0 aliphatic heterocycles. The molecule has 0 spiro atoms. The van der Waals surface area contributed by atoms with Gasteiger partial charge in [-0.25, -0.2) is 4.99 Å². The number of nitrogens with zero attached hydrogens (tertiary/aromatic N) is 1. The second kappa shape index (κ2) is 14.5. The molecule has 2 heteroatoms. The molecule has 282 valence electrons. The molecule has 0 radical (unpaired) electrons. The summed E-state index contributed by atoms with van der Waals surface area (Å²) in [7, 11) is 0. The van der Waals surface area contributed by atoms with Gasteiger partial charge in [0, 0.05) is 21.7 Å². The van der Waals surface area contributed by atoms with Crippen LogP contribution in [0.15, 0.2) is 222 Å². The number of hydrogen-bond acceptors (Lipinski definition) is 2. The standard InChI is InChI=1S/C58H39NO/c1-37(33-55(40-19-7-4-8-20-40)59-38(2)39-17-5-3-6-18-39)41-21-15-22-42(34-41)52-36-54-57-44(29-16-30-56(57)60-58(54)51-28-14-13-27-49(51)52)43-31-32-50-47-25-10-9-23-45(47)46-24-11-12-26-48(46)53(50)35-43/h3-36H,2H2,1H3/b37-33+,59-55?. The monoisotopic (exact) mass is 765 g/mol. The lowest BCUT2D eigenvalue weighted by molar-refractivity contribution is 0.673. The largest absolute Gasteiger partial charge is 0.455 e. The van der Waals surface area contributed by atoms with Gasteiger partial charge in [-0.05, 0) is 114 Å². The third kappa shape index (κ3) is 6.01. The summed E-state index contributed by atoms with van der Waals surface area (Å²) >= 11 is 0. The highest BCUT2D eigenvalue weighted by Gasteiger charge is 2.19. The molecule has 0 saturated carbocycles. The quantitative estimate of drug-likeness (QED) is 0.117. The highest BCUT2D eigenvalue weighted by Crippen LogP contribution is 2.44. The zero-order chi connectivity index (χ0) is 40.2. The van der Waals surface area contributed by atoms with Crippen molar-refractivity contribution in [2.45, 2.75) is 6.92 Å². The molecule has 0 saturated heterocycles. The van der Waals surface area contributed by atoms with Gasteiger partial charge in [-0.3, -0.25) is 0 Å². The van der Waals surface area contributed by atoms with Crippen LogP contribution in [0.4, 0.5) is 0 Å². The van der Waals surface area contributed by atoms with E-state index in [0.29, 0.717) is 0 Å². The predicted molar refractivity (Wildman–Crippen MR) is 257 cm³/mol. The molecule has 0 fully saturated rings. The van der Waals surface area contributed by atoms with Crippen molar-refractivity contribution in [3.63, 3.8) is 0 Å². The fourth-order valence-electron chi connectivity index (χ4n) is 9.05. The topological polar surface area (TPSA) is 25.5 Å². The summed E-state index contributed by atoms with van der Waals surface area (Å²) in [4.78, 5) is 5.07. The van der Waals surface area contributed by atoms with Crippen LogP contribution in [0.1, 0.15) is 23.6 Å². The third-order valence-corrected chi connectivity index (χ3v) is 12.0. The van der Waals surface area contributed by atoms with Gasteiger partial charge in [0.1, 0.15) is 11.2 Å². The smallest absolute Gasteiger partial charge is 0.143 e. The van der Waals surface area contributed by atoms with Crippen LogP contribution in [0.2, 0.25) is 0 Å². The molecule has 0 bridgehead atoms. The van der Waals surface area contributed by atoms with Gasteiger partial charge in [-0.2, -0.15) is 0 Å². The molecule has 0 N–H and O–H groups in total. The van der Waals surface area contributed by atoms with Crippen LogP contribution in [0.5, 0.6) is 0 Å². The van der Waals surface area contributed by atoms with Crippen molar-refractivity contribution in [2.75, 3.05) is 0 Å². The summed E-state index contributed by atoms with van der Waals surface area (Å²) in [5.41, 5.74) is 12.3. The fraction of sp³-hybridized carbons (Fsp3) is 0.0172. The van der Waals surface area contributed by atoms with E-state index in [-0.39, 0.29) is 0 Å². The van der Waals surface area contributed by atoms with E-state index in [2.05, 4.69) is 183 Å². The number of benzene rings is 10. The molecule has 0 unspecified atom stereocenters. The minimum absolute atomic E-state index is 0.726. The van der Waals surface area contributed by atoms with Crippen LogP contribution in [0.3, 0.4) is 0 Å². The molecule has 0 atom stereocenters. The van der Waals surface area contributed by atoms with Gasteiger partial charge < -0.3 is 4.42 Å². The van der Waals surface area contributed by atoms with Gasteiger partial charge in [0.25, 0.3) is 0 Å². The fourth-order valence-corrected chi connectivity index (χ4v) is 9.05. The van der Waals surface area contributed by atoms with Crippen LogP contribution in [-0.2, 0) is 0 Å². The lowest BCUT2D eigenvalue weighted by Crippen LogP contribution is -1.99. The number of hydrogen-bond donors (Lipinski definition) is 0. The van der Waals surface area contributed by atoms with E-state index < -0.39 is 0 Å². The minimum Gasteiger partial charge on any atom is -0.455 e. The van der Waals surface area contributed by atoms with Gasteiger partial charge in [0.05, 0.1) is 11.4 Å². The first-order valence-corrected chi connectivity index (χ1v) is 20.5. The van der Waals surface area contributed by atoms with Crippen molar-refractivity contribution in [1.82, 2.24) is 0 Å². The highest BCUT2D eigenvalue weighted by atomic mass is 16.3. The Balaban J connectivity index is 1.07. The number of rotatable bonds is 7. The Bertz CT molecular complexity index is 3520. The average molecular weight is 766 g/mol. The molecule has 10 aromatic carbocycles. The van der Waals surface area contributed by atoms with Crippen molar-refractivity contribution >= 4 is 82.0 Å². The summed E-state index contributed by atoms with van der Waals surface area (Å²) < 4.78 is 6.82. The van der Waals surface area contributed by atoms with Crippen molar-refractivity contribution < 1.29 is 4.42 Å². The first-order valence-electron chi connectivity index (χ1n) is 20.5. The Morgan fingerprint density at radius 3 is 1.68 bits per heavy atom. The second-order valence-electron chi connectivity index (χ2n) is 15.6. The van der Waals surface area contributed by atoms with Gasteiger partial charge >= 0.3 is 0 Å². The van der Waals surface area contributed by atoms with Crippen LogP contribution >= 0.6 is 0 Å². The van der Waals surface area contributed by atoms with Crippen LogP contribution in [0.25, 0.3) is 98.6 Å². The van der Waals surface area contributed by atoms with Gasteiger partial charge in [0.15, 0.2) is 0 Å². The van der Waals surface area contributed by atoms with Crippen LogP contribution in [0, 0.1) is 0 Å². The van der Waals surface area contributed by atoms with Gasteiger partial charge in [-0.1, -0.05) is 183 Å². The molecule has 1 heterocycles. The predicted octanol–water partition coefficient (Wildman–Crippen LogP) is 16.1. The van der Waals surface area contributed by atoms with Crippen molar-refractivity contribution in [3.8, 4) is 22.3 Å². The van der Waals surface area contributed by atoms with Crippen LogP contribution < -0.4 is 0 Å². The van der Waals surface area contributed by atoms with Crippen molar-refractivity contribution in [3.05, 3.63) is 230 Å². The molecule has 11 aromatic rings. The van der Waals surface area contributed by atoms with Gasteiger partial charge in [0.2, 0.25) is 0 Å². The Kier molecular flexibility index (Phi) is 8.57. The molecule has 60 heavy (non-hydrogen) atoms. The van der Waals surface area contributed by atoms with Crippen molar-refractivity contribution in [1.29, 1.82) is 0 Å². The lowest BCUT2D eigenvalue weighted by atomic mass is 9.90. The zero-order valence-corrected chi connectivity index (χ0v) is 33.2. The molecule has 2 nitrogen and oxygen atoms in total. The SMILES string of the molecule is C=C(N=C(/C=C(\C)c1cccc(-c2cc3c(oc4cccc(-c5ccc6c7ccccc7c7ccccc7c6c5)c43)c3ccccc23)c1)c1ccccc1)c1ccccc1. The van der Waals surface area contributed by atoms with E-state index >= 15 is 0 Å². The summed E-state index contributed by atoms with van der Waals surface area (Å²) in [6.45, 7) is 6.49. The molecule has 0 amide bonds.